The van der Waals surface area contributed by atoms with E-state index in [0.717, 1.165) is 40.9 Å². The predicted molar refractivity (Wildman–Crippen MR) is 272 cm³/mol. The number of fused-ring (bicyclic) bond motifs is 6. The van der Waals surface area contributed by atoms with Gasteiger partial charge in [0.05, 0.1) is 28.6 Å². The second kappa shape index (κ2) is 18.1. The van der Waals surface area contributed by atoms with Gasteiger partial charge in [-0.15, -0.1) is 0 Å². The molecule has 0 amide bonds. The van der Waals surface area contributed by atoms with Gasteiger partial charge in [-0.05, 0) is 90.3 Å². The topological polar surface area (TPSA) is 46.9 Å². The molecule has 0 saturated carbocycles. The highest BCUT2D eigenvalue weighted by molar-refractivity contribution is 6.14. The summed E-state index contributed by atoms with van der Waals surface area (Å²) in [6.07, 6.45) is 8.10. The Hall–Kier alpha value is -8.15. The normalized spacial score (nSPS) is 12.6. The van der Waals surface area contributed by atoms with Crippen molar-refractivity contribution < 1.29 is 0 Å². The van der Waals surface area contributed by atoms with Crippen molar-refractivity contribution in [1.29, 1.82) is 0 Å². The Labute approximate surface area is 374 Å². The number of aromatic nitrogens is 2. The number of amidine groups is 2. The summed E-state index contributed by atoms with van der Waals surface area (Å²) in [5.41, 5.74) is 13.5. The number of hydrogen-bond acceptors (Lipinski definition) is 1. The summed E-state index contributed by atoms with van der Waals surface area (Å²) in [5, 5.41) is 4.98. The molecule has 10 rings (SSSR count). The van der Waals surface area contributed by atoms with Crippen molar-refractivity contribution in [2.75, 3.05) is 0 Å². The summed E-state index contributed by atoms with van der Waals surface area (Å²) in [7, 11) is 0. The fraction of sp³-hybridized carbons (Fsp3) is 0.0678. The minimum absolute atomic E-state index is 0.503. The highest BCUT2D eigenvalue weighted by Crippen LogP contribution is 2.37. The number of benzene rings is 8. The molecule has 0 atom stereocenters. The molecule has 0 N–H and O–H groups in total. The van der Waals surface area contributed by atoms with E-state index in [0.29, 0.717) is 18.2 Å². The SMILES string of the molecule is C=NC(=NC(=NCc1ccccc1)C(/C=C\Cc1cccc(-n2c3ccccc3c3ccc(-c4cccc(-n5c6ccccc6c6ccccc65)c4)cc32)c1)=C\CC)c1ccccc1. The number of nitrogens with zero attached hydrogens (tertiary/aromatic N) is 5. The van der Waals surface area contributed by atoms with E-state index in [-0.39, 0.29) is 0 Å². The van der Waals surface area contributed by atoms with E-state index in [4.69, 9.17) is 9.98 Å². The first-order valence-electron chi connectivity index (χ1n) is 21.9. The lowest BCUT2D eigenvalue weighted by molar-refractivity contribution is 1.06. The van der Waals surface area contributed by atoms with Crippen LogP contribution in [0.2, 0.25) is 0 Å². The largest absolute Gasteiger partial charge is 0.309 e. The first-order chi connectivity index (χ1) is 31.7. The lowest BCUT2D eigenvalue weighted by atomic mass is 10.0. The van der Waals surface area contributed by atoms with Crippen molar-refractivity contribution in [2.45, 2.75) is 26.3 Å². The Morgan fingerprint density at radius 1 is 0.516 bits per heavy atom. The molecule has 5 heteroatoms. The van der Waals surface area contributed by atoms with Crippen LogP contribution < -0.4 is 0 Å². The summed E-state index contributed by atoms with van der Waals surface area (Å²) < 4.78 is 4.80. The Bertz CT molecular complexity index is 3380. The molecule has 0 spiro atoms. The number of aliphatic imine (C=N–C) groups is 3. The number of allylic oxidation sites excluding steroid dienone is 2. The molecule has 8 aromatic carbocycles. The van der Waals surface area contributed by atoms with Gasteiger partial charge in [0.25, 0.3) is 0 Å². The number of hydrogen-bond donors (Lipinski definition) is 0. The van der Waals surface area contributed by atoms with Crippen molar-refractivity contribution in [3.05, 3.63) is 241 Å². The quantitative estimate of drug-likeness (QED) is 0.0709. The zero-order chi connectivity index (χ0) is 43.2. The Kier molecular flexibility index (Phi) is 11.3. The average molecular weight is 826 g/mol. The van der Waals surface area contributed by atoms with E-state index in [1.54, 1.807) is 0 Å². The van der Waals surface area contributed by atoms with Gasteiger partial charge in [0.1, 0.15) is 0 Å². The van der Waals surface area contributed by atoms with Crippen LogP contribution in [0.15, 0.2) is 239 Å². The van der Waals surface area contributed by atoms with Crippen LogP contribution in [0.5, 0.6) is 0 Å². The van der Waals surface area contributed by atoms with Crippen LogP contribution in [-0.4, -0.2) is 27.5 Å². The predicted octanol–water partition coefficient (Wildman–Crippen LogP) is 14.7. The van der Waals surface area contributed by atoms with Gasteiger partial charge in [-0.2, -0.15) is 0 Å². The number of rotatable bonds is 11. The summed E-state index contributed by atoms with van der Waals surface area (Å²) in [4.78, 5) is 14.4. The standard InChI is InChI=1S/C59H47N5/c1-3-19-44(59(61-41-43-20-6-4-7-21-43)62-58(60-2)45-24-8-5-9-25-45)26-16-22-42-23-17-28-48(38-42)64-56-35-15-12-32-52(56)53-37-36-47(40-57(53)64)46-27-18-29-49(39-46)63-54-33-13-10-30-50(54)51-31-11-14-34-55(51)63/h4-21,23-40H,2-3,22,41H2,1H3/b26-16-,44-19-,61-59?,62-58?. The zero-order valence-corrected chi connectivity index (χ0v) is 35.8. The van der Waals surface area contributed by atoms with E-state index >= 15 is 0 Å². The van der Waals surface area contributed by atoms with Crippen LogP contribution >= 0.6 is 0 Å². The van der Waals surface area contributed by atoms with E-state index in [1.807, 2.05) is 48.5 Å². The van der Waals surface area contributed by atoms with Crippen LogP contribution in [0.25, 0.3) is 66.1 Å². The average Bonchev–Trinajstić information content (AvgIpc) is 3.87. The molecule has 0 unspecified atom stereocenters. The summed E-state index contributed by atoms with van der Waals surface area (Å²) >= 11 is 0. The molecule has 0 saturated heterocycles. The Morgan fingerprint density at radius 2 is 1.06 bits per heavy atom. The molecule has 0 aliphatic carbocycles. The van der Waals surface area contributed by atoms with Crippen LogP contribution in [0.4, 0.5) is 0 Å². The van der Waals surface area contributed by atoms with Gasteiger partial charge in [0, 0.05) is 44.1 Å². The molecule has 2 aromatic heterocycles. The third kappa shape index (κ3) is 7.92. The van der Waals surface area contributed by atoms with Gasteiger partial charge >= 0.3 is 0 Å². The molecule has 2 heterocycles. The van der Waals surface area contributed by atoms with Crippen molar-refractivity contribution in [2.24, 2.45) is 15.0 Å². The maximum Gasteiger partial charge on any atom is 0.161 e. The molecular weight excluding hydrogens is 779 g/mol. The van der Waals surface area contributed by atoms with Crippen molar-refractivity contribution in [1.82, 2.24) is 9.13 Å². The van der Waals surface area contributed by atoms with Crippen LogP contribution in [0, 0.1) is 0 Å². The molecule has 308 valence electrons. The van der Waals surface area contributed by atoms with E-state index in [9.17, 15) is 0 Å². The van der Waals surface area contributed by atoms with Crippen LogP contribution in [0.1, 0.15) is 30.0 Å². The van der Waals surface area contributed by atoms with E-state index < -0.39 is 0 Å². The van der Waals surface area contributed by atoms with Crippen molar-refractivity contribution in [3.63, 3.8) is 0 Å². The van der Waals surface area contributed by atoms with Gasteiger partial charge in [-0.1, -0.05) is 177 Å². The molecule has 0 aliphatic rings. The monoisotopic (exact) mass is 825 g/mol. The third-order valence-electron chi connectivity index (χ3n) is 11.8. The molecule has 0 radical (unpaired) electrons. The van der Waals surface area contributed by atoms with Crippen molar-refractivity contribution in [3.8, 4) is 22.5 Å². The Balaban J connectivity index is 0.995. The lowest BCUT2D eigenvalue weighted by Gasteiger charge is -2.12. The highest BCUT2D eigenvalue weighted by atomic mass is 15.0. The molecule has 64 heavy (non-hydrogen) atoms. The second-order valence-electron chi connectivity index (χ2n) is 15.9. The molecule has 0 bridgehead atoms. The second-order valence-corrected chi connectivity index (χ2v) is 15.9. The molecular formula is C59H47N5. The Morgan fingerprint density at radius 3 is 1.72 bits per heavy atom. The number of para-hydroxylation sites is 3. The fourth-order valence-corrected chi connectivity index (χ4v) is 8.87. The first-order valence-corrected chi connectivity index (χ1v) is 21.9. The van der Waals surface area contributed by atoms with Gasteiger partial charge in [-0.3, -0.25) is 4.99 Å². The van der Waals surface area contributed by atoms with Crippen LogP contribution in [0.3, 0.4) is 0 Å². The molecule has 0 aliphatic heterocycles. The van der Waals surface area contributed by atoms with Gasteiger partial charge < -0.3 is 9.13 Å². The van der Waals surface area contributed by atoms with E-state index in [2.05, 4.69) is 198 Å². The van der Waals surface area contributed by atoms with Gasteiger partial charge in [0.2, 0.25) is 0 Å². The zero-order valence-electron chi connectivity index (χ0n) is 35.8. The first kappa shape index (κ1) is 40.0. The maximum atomic E-state index is 5.05. The maximum absolute atomic E-state index is 5.05. The molecule has 5 nitrogen and oxygen atoms in total. The van der Waals surface area contributed by atoms with E-state index in [1.165, 1.54) is 60.3 Å². The molecule has 10 aromatic rings. The summed E-state index contributed by atoms with van der Waals surface area (Å²) in [6.45, 7) is 6.50. The summed E-state index contributed by atoms with van der Waals surface area (Å²) in [6, 6.07) is 71.0. The minimum Gasteiger partial charge on any atom is -0.309 e. The summed E-state index contributed by atoms with van der Waals surface area (Å²) in [5.74, 6) is 1.17. The highest BCUT2D eigenvalue weighted by Gasteiger charge is 2.16. The minimum atomic E-state index is 0.503. The van der Waals surface area contributed by atoms with Gasteiger partial charge in [0.15, 0.2) is 11.7 Å². The smallest absolute Gasteiger partial charge is 0.161 e. The molecule has 0 fully saturated rings. The fourth-order valence-electron chi connectivity index (χ4n) is 8.87. The lowest BCUT2D eigenvalue weighted by Crippen LogP contribution is -2.06. The third-order valence-corrected chi connectivity index (χ3v) is 11.8. The van der Waals surface area contributed by atoms with Gasteiger partial charge in [-0.25, -0.2) is 9.98 Å². The van der Waals surface area contributed by atoms with Crippen LogP contribution in [-0.2, 0) is 13.0 Å². The van der Waals surface area contributed by atoms with Crippen molar-refractivity contribution >= 4 is 62.0 Å².